The summed E-state index contributed by atoms with van der Waals surface area (Å²) in [6.45, 7) is 0.0954. The Hall–Kier alpha value is -0.990. The van der Waals surface area contributed by atoms with Gasteiger partial charge in [-0.05, 0) is 18.2 Å². The van der Waals surface area contributed by atoms with Gasteiger partial charge in [-0.3, -0.25) is 4.99 Å². The highest BCUT2D eigenvalue weighted by atomic mass is 79.9. The van der Waals surface area contributed by atoms with Gasteiger partial charge in [-0.1, -0.05) is 15.9 Å². The highest BCUT2D eigenvalue weighted by Gasteiger charge is 2.71. The van der Waals surface area contributed by atoms with E-state index in [1.807, 2.05) is 0 Å². The molecule has 0 radical (unpaired) electrons. The zero-order valence-corrected chi connectivity index (χ0v) is 11.1. The van der Waals surface area contributed by atoms with Crippen molar-refractivity contribution in [2.24, 2.45) is 4.99 Å². The highest BCUT2D eigenvalue weighted by Crippen LogP contribution is 2.55. The monoisotopic (exact) mass is 340 g/mol. The molecule has 0 amide bonds. The molecule has 2 heterocycles. The van der Waals surface area contributed by atoms with E-state index in [1.54, 1.807) is 0 Å². The van der Waals surface area contributed by atoms with Gasteiger partial charge in [0.1, 0.15) is 11.9 Å². The summed E-state index contributed by atoms with van der Waals surface area (Å²) in [6.07, 6.45) is -5.87. The number of ether oxygens (including phenoxy) is 1. The maximum atomic E-state index is 13.7. The summed E-state index contributed by atoms with van der Waals surface area (Å²) >= 11 is 3.04. The van der Waals surface area contributed by atoms with Crippen molar-refractivity contribution in [1.82, 2.24) is 6.15 Å². The second-order valence-corrected chi connectivity index (χ2v) is 5.10. The van der Waals surface area contributed by atoms with Crippen LogP contribution in [0.5, 0.6) is 0 Å². The summed E-state index contributed by atoms with van der Waals surface area (Å²) in [6, 6.07) is 3.43. The molecule has 0 aliphatic carbocycles. The molecule has 19 heavy (non-hydrogen) atoms. The zero-order valence-electron chi connectivity index (χ0n) is 9.47. The molecule has 2 unspecified atom stereocenters. The molecule has 1 aromatic rings. The molecule has 2 atom stereocenters. The molecule has 0 spiro atoms. The lowest BCUT2D eigenvalue weighted by Gasteiger charge is -2.52. The molecular weight excluding hydrogens is 332 g/mol. The summed E-state index contributed by atoms with van der Waals surface area (Å²) < 4.78 is 58.7. The lowest BCUT2D eigenvalue weighted by atomic mass is 9.74. The molecule has 8 heteroatoms. The number of hydrogen-bond donors (Lipinski definition) is 1. The number of rotatable bonds is 1. The van der Waals surface area contributed by atoms with Crippen molar-refractivity contribution in [3.05, 3.63) is 34.1 Å². The normalized spacial score (nSPS) is 28.5. The molecule has 3 N–H and O–H groups in total. The number of hydrogen-bond acceptors (Lipinski definition) is 3. The lowest BCUT2D eigenvalue weighted by molar-refractivity contribution is -0.232. The van der Waals surface area contributed by atoms with Crippen LogP contribution in [0.3, 0.4) is 0 Å². The Bertz CT molecular complexity index is 560. The minimum Gasteiger partial charge on any atom is -0.363 e. The molecule has 0 bridgehead atoms. The fourth-order valence-electron chi connectivity index (χ4n) is 2.27. The van der Waals surface area contributed by atoms with Gasteiger partial charge in [0.2, 0.25) is 5.54 Å². The van der Waals surface area contributed by atoms with E-state index in [0.29, 0.717) is 10.2 Å². The first kappa shape index (κ1) is 14.4. The lowest BCUT2D eigenvalue weighted by Crippen LogP contribution is -2.68. The number of fused-ring (bicyclic) bond motifs is 1. The van der Waals surface area contributed by atoms with Crippen LogP contribution in [-0.2, 0) is 10.3 Å². The highest BCUT2D eigenvalue weighted by molar-refractivity contribution is 9.10. The van der Waals surface area contributed by atoms with E-state index in [-0.39, 0.29) is 12.8 Å². The van der Waals surface area contributed by atoms with Crippen LogP contribution in [0.25, 0.3) is 0 Å². The van der Waals surface area contributed by atoms with Crippen LogP contribution in [0.1, 0.15) is 5.56 Å². The topological polar surface area (TPSA) is 56.6 Å². The van der Waals surface area contributed by atoms with E-state index in [9.17, 15) is 17.6 Å². The number of alkyl halides is 3. The molecule has 3 rings (SSSR count). The average molecular weight is 341 g/mol. The van der Waals surface area contributed by atoms with Crippen molar-refractivity contribution in [3.63, 3.8) is 0 Å². The van der Waals surface area contributed by atoms with Crippen LogP contribution in [0, 0.1) is 5.82 Å². The third-order valence-corrected chi connectivity index (χ3v) is 3.66. The quantitative estimate of drug-likeness (QED) is 0.797. The molecule has 1 fully saturated rings. The molecule has 2 aliphatic rings. The number of aliphatic imine (C=N–C) groups is 1. The third-order valence-electron chi connectivity index (χ3n) is 3.17. The van der Waals surface area contributed by atoms with E-state index in [1.165, 1.54) is 6.07 Å². The van der Waals surface area contributed by atoms with E-state index in [2.05, 4.69) is 20.9 Å². The third kappa shape index (κ3) is 1.73. The summed E-state index contributed by atoms with van der Waals surface area (Å²) in [5.41, 5.74) is -2.75. The Labute approximate surface area is 114 Å². The van der Waals surface area contributed by atoms with Crippen LogP contribution in [0.15, 0.2) is 27.7 Å². The SMILES string of the molecule is Fc1ccc(Br)cc1C1(C(F)(F)F)N=C2COC21.N. The molecule has 1 saturated heterocycles. The van der Waals surface area contributed by atoms with Crippen LogP contribution in [0.2, 0.25) is 0 Å². The molecule has 2 aliphatic heterocycles. The van der Waals surface area contributed by atoms with Crippen molar-refractivity contribution < 1.29 is 22.3 Å². The maximum absolute atomic E-state index is 13.7. The molecule has 0 saturated carbocycles. The number of benzene rings is 1. The predicted molar refractivity (Wildman–Crippen MR) is 64.0 cm³/mol. The van der Waals surface area contributed by atoms with Gasteiger partial charge in [-0.2, -0.15) is 13.2 Å². The van der Waals surface area contributed by atoms with Crippen molar-refractivity contribution in [1.29, 1.82) is 0 Å². The zero-order chi connectivity index (χ0) is 13.1. The largest absolute Gasteiger partial charge is 0.420 e. The second-order valence-electron chi connectivity index (χ2n) is 4.18. The first-order valence-electron chi connectivity index (χ1n) is 5.09. The minimum atomic E-state index is -4.69. The standard InChI is InChI=1S/C11H6BrF4NO.H3N/c12-5-1-2-7(13)6(3-5)10(11(14,15)16)9-8(17-10)4-18-9;/h1-3,9H,4H2;1H3. The Balaban J connectivity index is 0.00000133. The van der Waals surface area contributed by atoms with Gasteiger partial charge in [0.05, 0.1) is 12.3 Å². The first-order valence-corrected chi connectivity index (χ1v) is 5.88. The second kappa shape index (κ2) is 4.26. The Morgan fingerprint density at radius 2 is 2.05 bits per heavy atom. The number of halogens is 5. The minimum absolute atomic E-state index is 0. The van der Waals surface area contributed by atoms with E-state index >= 15 is 0 Å². The number of nitrogens with zero attached hydrogens (tertiary/aromatic N) is 1. The van der Waals surface area contributed by atoms with Gasteiger partial charge < -0.3 is 10.9 Å². The van der Waals surface area contributed by atoms with Crippen LogP contribution >= 0.6 is 15.9 Å². The van der Waals surface area contributed by atoms with Crippen molar-refractivity contribution in [2.75, 3.05) is 6.61 Å². The van der Waals surface area contributed by atoms with E-state index in [4.69, 9.17) is 4.74 Å². The summed E-state index contributed by atoms with van der Waals surface area (Å²) in [5, 5.41) is 0. The fourth-order valence-corrected chi connectivity index (χ4v) is 2.63. The van der Waals surface area contributed by atoms with Gasteiger partial charge in [-0.25, -0.2) is 4.39 Å². The smallest absolute Gasteiger partial charge is 0.363 e. The van der Waals surface area contributed by atoms with Crippen LogP contribution < -0.4 is 6.15 Å². The molecule has 3 nitrogen and oxygen atoms in total. The van der Waals surface area contributed by atoms with Gasteiger partial charge >= 0.3 is 6.18 Å². The molecular formula is C11H9BrF4N2O. The van der Waals surface area contributed by atoms with Crippen LogP contribution in [0.4, 0.5) is 17.6 Å². The Morgan fingerprint density at radius 1 is 1.37 bits per heavy atom. The first-order chi connectivity index (χ1) is 8.36. The molecule has 1 aromatic carbocycles. The summed E-state index contributed by atoms with van der Waals surface area (Å²) in [4.78, 5) is 3.57. The maximum Gasteiger partial charge on any atom is 0.420 e. The Morgan fingerprint density at radius 3 is 2.47 bits per heavy atom. The van der Waals surface area contributed by atoms with Gasteiger partial charge in [-0.15, -0.1) is 0 Å². The van der Waals surface area contributed by atoms with Crippen molar-refractivity contribution in [2.45, 2.75) is 17.8 Å². The van der Waals surface area contributed by atoms with E-state index in [0.717, 1.165) is 12.1 Å². The van der Waals surface area contributed by atoms with Crippen LogP contribution in [-0.4, -0.2) is 24.6 Å². The van der Waals surface area contributed by atoms with Gasteiger partial charge in [0.25, 0.3) is 0 Å². The predicted octanol–water partition coefficient (Wildman–Crippen LogP) is 3.36. The van der Waals surface area contributed by atoms with E-state index < -0.39 is 29.2 Å². The Kier molecular flexibility index (Phi) is 3.23. The summed E-state index contributed by atoms with van der Waals surface area (Å²) in [7, 11) is 0. The average Bonchev–Trinajstić information content (AvgIpc) is 2.24. The van der Waals surface area contributed by atoms with Crippen molar-refractivity contribution >= 4 is 21.6 Å². The molecule has 104 valence electrons. The summed E-state index contributed by atoms with van der Waals surface area (Å²) in [5.74, 6) is -0.936. The van der Waals surface area contributed by atoms with Crippen molar-refractivity contribution in [3.8, 4) is 0 Å². The molecule has 0 aromatic heterocycles. The van der Waals surface area contributed by atoms with Gasteiger partial charge in [0, 0.05) is 10.0 Å². The van der Waals surface area contributed by atoms with Gasteiger partial charge in [0.15, 0.2) is 0 Å². The fraction of sp³-hybridized carbons (Fsp3) is 0.364.